The van der Waals surface area contributed by atoms with Gasteiger partial charge in [0.05, 0.1) is 6.10 Å². The lowest BCUT2D eigenvalue weighted by Gasteiger charge is -2.18. The van der Waals surface area contributed by atoms with Crippen molar-refractivity contribution in [2.75, 3.05) is 6.54 Å². The maximum absolute atomic E-state index is 11.8. The largest absolute Gasteiger partial charge is 0.391 e. The Morgan fingerprint density at radius 3 is 2.62 bits per heavy atom. The number of carbonyl (C=O) groups excluding carboxylic acids is 1. The summed E-state index contributed by atoms with van der Waals surface area (Å²) in [6, 6.07) is 8.45. The maximum atomic E-state index is 11.8. The van der Waals surface area contributed by atoms with E-state index >= 15 is 0 Å². The van der Waals surface area contributed by atoms with E-state index in [0.717, 1.165) is 25.7 Å². The molecule has 1 unspecified atom stereocenters. The Morgan fingerprint density at radius 2 is 1.95 bits per heavy atom. The first-order valence-electron chi connectivity index (χ1n) is 8.15. The lowest BCUT2D eigenvalue weighted by atomic mass is 10.0. The zero-order valence-electron chi connectivity index (χ0n) is 13.0. The number of aliphatic hydroxyl groups is 1. The second kappa shape index (κ2) is 8.18. The second-order valence-corrected chi connectivity index (χ2v) is 6.26. The van der Waals surface area contributed by atoms with Crippen LogP contribution in [-0.4, -0.2) is 23.7 Å². The van der Waals surface area contributed by atoms with E-state index in [4.69, 9.17) is 0 Å². The molecular formula is C18H27NO2. The summed E-state index contributed by atoms with van der Waals surface area (Å²) in [5, 5.41) is 12.9. The predicted molar refractivity (Wildman–Crippen MR) is 85.1 cm³/mol. The Labute approximate surface area is 127 Å². The van der Waals surface area contributed by atoms with Crippen molar-refractivity contribution in [1.29, 1.82) is 0 Å². The van der Waals surface area contributed by atoms with E-state index in [1.165, 1.54) is 24.0 Å². The summed E-state index contributed by atoms with van der Waals surface area (Å²) in [6.07, 6.45) is 6.58. The Kier molecular flexibility index (Phi) is 6.24. The Bertz CT molecular complexity index is 435. The molecule has 0 bridgehead atoms. The van der Waals surface area contributed by atoms with Gasteiger partial charge in [-0.3, -0.25) is 4.79 Å². The summed E-state index contributed by atoms with van der Waals surface area (Å²) in [5.41, 5.74) is 2.54. The van der Waals surface area contributed by atoms with Crippen molar-refractivity contribution >= 4 is 5.91 Å². The van der Waals surface area contributed by atoms with Crippen LogP contribution < -0.4 is 5.32 Å². The maximum Gasteiger partial charge on any atom is 0.220 e. The smallest absolute Gasteiger partial charge is 0.220 e. The Morgan fingerprint density at radius 1 is 1.29 bits per heavy atom. The van der Waals surface area contributed by atoms with Crippen molar-refractivity contribution in [3.63, 3.8) is 0 Å². The van der Waals surface area contributed by atoms with E-state index in [1.54, 1.807) is 0 Å². The summed E-state index contributed by atoms with van der Waals surface area (Å²) < 4.78 is 0. The third-order valence-electron chi connectivity index (χ3n) is 4.44. The molecular weight excluding hydrogens is 262 g/mol. The fourth-order valence-electron chi connectivity index (χ4n) is 3.02. The highest BCUT2D eigenvalue weighted by Gasteiger charge is 2.23. The quantitative estimate of drug-likeness (QED) is 0.810. The molecule has 0 radical (unpaired) electrons. The van der Waals surface area contributed by atoms with Crippen LogP contribution in [-0.2, 0) is 11.2 Å². The SMILES string of the molecule is Cc1ccc(CCCC(=O)NCC(O)C2CCCC2)cc1. The molecule has 0 aromatic heterocycles. The van der Waals surface area contributed by atoms with Gasteiger partial charge in [-0.15, -0.1) is 0 Å². The van der Waals surface area contributed by atoms with Gasteiger partial charge in [-0.05, 0) is 44.1 Å². The van der Waals surface area contributed by atoms with Gasteiger partial charge in [0.1, 0.15) is 0 Å². The van der Waals surface area contributed by atoms with Gasteiger partial charge in [0, 0.05) is 13.0 Å². The number of hydrogen-bond acceptors (Lipinski definition) is 2. The highest BCUT2D eigenvalue weighted by atomic mass is 16.3. The molecule has 0 aliphatic heterocycles. The van der Waals surface area contributed by atoms with Crippen molar-refractivity contribution in [1.82, 2.24) is 5.32 Å². The number of hydrogen-bond donors (Lipinski definition) is 2. The third-order valence-corrected chi connectivity index (χ3v) is 4.44. The Hall–Kier alpha value is -1.35. The number of aliphatic hydroxyl groups excluding tert-OH is 1. The van der Waals surface area contributed by atoms with Crippen LogP contribution in [0.5, 0.6) is 0 Å². The minimum Gasteiger partial charge on any atom is -0.391 e. The number of benzene rings is 1. The lowest BCUT2D eigenvalue weighted by molar-refractivity contribution is -0.121. The number of carbonyl (C=O) groups is 1. The van der Waals surface area contributed by atoms with Crippen molar-refractivity contribution in [2.24, 2.45) is 5.92 Å². The molecule has 0 saturated heterocycles. The summed E-state index contributed by atoms with van der Waals surface area (Å²) in [4.78, 5) is 11.8. The molecule has 0 heterocycles. The van der Waals surface area contributed by atoms with Crippen molar-refractivity contribution < 1.29 is 9.90 Å². The normalized spacial score (nSPS) is 16.9. The minimum atomic E-state index is -0.367. The number of amides is 1. The van der Waals surface area contributed by atoms with Gasteiger partial charge < -0.3 is 10.4 Å². The summed E-state index contributed by atoms with van der Waals surface area (Å²) in [5.74, 6) is 0.442. The van der Waals surface area contributed by atoms with E-state index in [1.807, 2.05) is 0 Å². The van der Waals surface area contributed by atoms with Crippen LogP contribution in [0.3, 0.4) is 0 Å². The molecule has 3 heteroatoms. The van der Waals surface area contributed by atoms with Gasteiger partial charge in [-0.2, -0.15) is 0 Å². The van der Waals surface area contributed by atoms with Gasteiger partial charge in [0.2, 0.25) is 5.91 Å². The van der Waals surface area contributed by atoms with Crippen LogP contribution >= 0.6 is 0 Å². The molecule has 116 valence electrons. The standard InChI is InChI=1S/C18H27NO2/c1-14-9-11-15(12-10-14)5-4-8-18(21)19-13-17(20)16-6-2-3-7-16/h9-12,16-17,20H,2-8,13H2,1H3,(H,19,21). The molecule has 2 N–H and O–H groups in total. The lowest BCUT2D eigenvalue weighted by Crippen LogP contribution is -2.35. The molecule has 1 atom stereocenters. The predicted octanol–water partition coefficient (Wildman–Crippen LogP) is 2.99. The van der Waals surface area contributed by atoms with E-state index < -0.39 is 0 Å². The second-order valence-electron chi connectivity index (χ2n) is 6.26. The van der Waals surface area contributed by atoms with Crippen LogP contribution in [0, 0.1) is 12.8 Å². The summed E-state index contributed by atoms with van der Waals surface area (Å²) in [7, 11) is 0. The van der Waals surface area contributed by atoms with Crippen LogP contribution in [0.15, 0.2) is 24.3 Å². The fourth-order valence-corrected chi connectivity index (χ4v) is 3.02. The summed E-state index contributed by atoms with van der Waals surface area (Å²) in [6.45, 7) is 2.49. The number of rotatable bonds is 7. The minimum absolute atomic E-state index is 0.0548. The van der Waals surface area contributed by atoms with Gasteiger partial charge >= 0.3 is 0 Å². The van der Waals surface area contributed by atoms with E-state index in [9.17, 15) is 9.90 Å². The molecule has 3 nitrogen and oxygen atoms in total. The average Bonchev–Trinajstić information content (AvgIpc) is 3.01. The first-order chi connectivity index (χ1) is 10.1. The zero-order valence-corrected chi connectivity index (χ0v) is 13.0. The molecule has 2 rings (SSSR count). The van der Waals surface area contributed by atoms with Gasteiger partial charge in [0.15, 0.2) is 0 Å². The molecule has 1 saturated carbocycles. The molecule has 1 aliphatic carbocycles. The monoisotopic (exact) mass is 289 g/mol. The molecule has 0 spiro atoms. The van der Waals surface area contributed by atoms with Gasteiger partial charge in [-0.25, -0.2) is 0 Å². The number of nitrogens with one attached hydrogen (secondary N) is 1. The van der Waals surface area contributed by atoms with Gasteiger partial charge in [-0.1, -0.05) is 42.7 Å². The molecule has 21 heavy (non-hydrogen) atoms. The molecule has 1 amide bonds. The van der Waals surface area contributed by atoms with Crippen molar-refractivity contribution in [2.45, 2.75) is 58.0 Å². The van der Waals surface area contributed by atoms with E-state index in [0.29, 0.717) is 18.9 Å². The third kappa shape index (κ3) is 5.50. The van der Waals surface area contributed by atoms with Gasteiger partial charge in [0.25, 0.3) is 0 Å². The van der Waals surface area contributed by atoms with E-state index in [-0.39, 0.29) is 12.0 Å². The topological polar surface area (TPSA) is 49.3 Å². The van der Waals surface area contributed by atoms with Crippen LogP contribution in [0.1, 0.15) is 49.7 Å². The Balaban J connectivity index is 1.60. The van der Waals surface area contributed by atoms with Crippen molar-refractivity contribution in [3.8, 4) is 0 Å². The van der Waals surface area contributed by atoms with E-state index in [2.05, 4.69) is 36.5 Å². The van der Waals surface area contributed by atoms with Crippen LogP contribution in [0.2, 0.25) is 0 Å². The highest BCUT2D eigenvalue weighted by molar-refractivity contribution is 5.75. The molecule has 1 aromatic carbocycles. The first kappa shape index (κ1) is 16.0. The first-order valence-corrected chi connectivity index (χ1v) is 8.15. The fraction of sp³-hybridized carbons (Fsp3) is 0.611. The zero-order chi connectivity index (χ0) is 15.1. The molecule has 1 aliphatic rings. The van der Waals surface area contributed by atoms with Crippen molar-refractivity contribution in [3.05, 3.63) is 35.4 Å². The van der Waals surface area contributed by atoms with Crippen LogP contribution in [0.25, 0.3) is 0 Å². The number of aryl methyl sites for hydroxylation is 2. The average molecular weight is 289 g/mol. The molecule has 1 fully saturated rings. The van der Waals surface area contributed by atoms with Crippen LogP contribution in [0.4, 0.5) is 0 Å². The molecule has 1 aromatic rings. The summed E-state index contributed by atoms with van der Waals surface area (Å²) >= 11 is 0. The highest BCUT2D eigenvalue weighted by Crippen LogP contribution is 2.27.